The third-order valence-corrected chi connectivity index (χ3v) is 3.97. The maximum atomic E-state index is 10.0. The number of morpholine rings is 1. The zero-order chi connectivity index (χ0) is 15.1. The Bertz CT molecular complexity index is 481. The van der Waals surface area contributed by atoms with Crippen LogP contribution < -0.4 is 4.90 Å². The lowest BCUT2D eigenvalue weighted by molar-refractivity contribution is -0.133. The summed E-state index contributed by atoms with van der Waals surface area (Å²) in [6.07, 6.45) is -0.479. The largest absolute Gasteiger partial charge is 0.389 e. The first-order valence-corrected chi connectivity index (χ1v) is 7.82. The summed E-state index contributed by atoms with van der Waals surface area (Å²) in [6.45, 7) is 11.9. The molecule has 0 radical (unpaired) electrons. The van der Waals surface area contributed by atoms with Crippen LogP contribution in [0.3, 0.4) is 0 Å². The Labute approximate surface area is 130 Å². The van der Waals surface area contributed by atoms with Gasteiger partial charge in [0, 0.05) is 28.8 Å². The summed E-state index contributed by atoms with van der Waals surface area (Å²) in [5, 5.41) is 10.0. The molecule has 2 rings (SSSR count). The van der Waals surface area contributed by atoms with Crippen LogP contribution in [0.1, 0.15) is 46.3 Å². The van der Waals surface area contributed by atoms with E-state index in [0.29, 0.717) is 0 Å². The van der Waals surface area contributed by atoms with E-state index in [1.54, 1.807) is 0 Å². The van der Waals surface area contributed by atoms with Gasteiger partial charge < -0.3 is 14.7 Å². The zero-order valence-electron chi connectivity index (χ0n) is 12.9. The van der Waals surface area contributed by atoms with Crippen LogP contribution in [-0.4, -0.2) is 29.4 Å². The number of halogens is 1. The van der Waals surface area contributed by atoms with Crippen molar-refractivity contribution in [1.29, 1.82) is 0 Å². The van der Waals surface area contributed by atoms with Gasteiger partial charge in [-0.3, -0.25) is 0 Å². The van der Waals surface area contributed by atoms with E-state index in [-0.39, 0.29) is 11.2 Å². The lowest BCUT2D eigenvalue weighted by atomic mass is 9.96. The van der Waals surface area contributed by atoms with Crippen molar-refractivity contribution in [2.75, 3.05) is 18.0 Å². The molecule has 1 saturated heterocycles. The molecule has 1 unspecified atom stereocenters. The summed E-state index contributed by atoms with van der Waals surface area (Å²) in [4.78, 5) is 2.32. The summed E-state index contributed by atoms with van der Waals surface area (Å²) in [7, 11) is 0. The van der Waals surface area contributed by atoms with Crippen molar-refractivity contribution in [2.24, 2.45) is 0 Å². The van der Waals surface area contributed by atoms with E-state index in [9.17, 15) is 5.11 Å². The molecule has 0 spiro atoms. The Morgan fingerprint density at radius 2 is 1.75 bits per heavy atom. The monoisotopic (exact) mass is 341 g/mol. The molecule has 3 nitrogen and oxygen atoms in total. The van der Waals surface area contributed by atoms with E-state index in [4.69, 9.17) is 4.74 Å². The average Bonchev–Trinajstić information content (AvgIpc) is 2.24. The van der Waals surface area contributed by atoms with Gasteiger partial charge in [-0.05, 0) is 46.8 Å². The summed E-state index contributed by atoms with van der Waals surface area (Å²) in [5.74, 6) is 0. The van der Waals surface area contributed by atoms with Gasteiger partial charge in [-0.2, -0.15) is 0 Å². The molecule has 0 aromatic heterocycles. The first kappa shape index (κ1) is 15.8. The maximum Gasteiger partial charge on any atom is 0.0808 e. The number of aliphatic hydroxyl groups is 1. The number of rotatable bonds is 2. The average molecular weight is 342 g/mol. The predicted molar refractivity (Wildman–Crippen MR) is 86.2 cm³/mol. The molecule has 1 N–H and O–H groups in total. The minimum absolute atomic E-state index is 0.208. The van der Waals surface area contributed by atoms with Gasteiger partial charge in [-0.25, -0.2) is 0 Å². The summed E-state index contributed by atoms with van der Waals surface area (Å²) < 4.78 is 7.15. The first-order valence-electron chi connectivity index (χ1n) is 7.02. The SMILES string of the molecule is CC(O)c1ccc(Br)cc1N1CC(C)(C)OC(C)(C)C1. The van der Waals surface area contributed by atoms with Crippen LogP contribution in [0.2, 0.25) is 0 Å². The lowest BCUT2D eigenvalue weighted by Crippen LogP contribution is -2.57. The summed E-state index contributed by atoms with van der Waals surface area (Å²) in [6, 6.07) is 6.04. The number of hydrogen-bond acceptors (Lipinski definition) is 3. The van der Waals surface area contributed by atoms with Crippen molar-refractivity contribution in [3.63, 3.8) is 0 Å². The highest BCUT2D eigenvalue weighted by atomic mass is 79.9. The van der Waals surface area contributed by atoms with E-state index < -0.39 is 6.10 Å². The van der Waals surface area contributed by atoms with Gasteiger partial charge in [0.15, 0.2) is 0 Å². The Morgan fingerprint density at radius 1 is 1.20 bits per heavy atom. The zero-order valence-corrected chi connectivity index (χ0v) is 14.5. The second-order valence-electron chi connectivity index (χ2n) is 6.86. The highest BCUT2D eigenvalue weighted by Gasteiger charge is 2.38. The predicted octanol–water partition coefficient (Wildman–Crippen LogP) is 3.90. The topological polar surface area (TPSA) is 32.7 Å². The summed E-state index contributed by atoms with van der Waals surface area (Å²) >= 11 is 3.53. The number of hydrogen-bond donors (Lipinski definition) is 1. The molecule has 1 heterocycles. The minimum atomic E-state index is -0.479. The quantitative estimate of drug-likeness (QED) is 0.885. The number of nitrogens with zero attached hydrogens (tertiary/aromatic N) is 1. The minimum Gasteiger partial charge on any atom is -0.389 e. The highest BCUT2D eigenvalue weighted by Crippen LogP contribution is 2.36. The van der Waals surface area contributed by atoms with E-state index in [2.05, 4.69) is 54.6 Å². The normalized spacial score (nSPS) is 22.6. The number of aliphatic hydroxyl groups excluding tert-OH is 1. The fourth-order valence-electron chi connectivity index (χ4n) is 3.10. The van der Waals surface area contributed by atoms with E-state index in [1.807, 2.05) is 19.1 Å². The second kappa shape index (κ2) is 5.32. The van der Waals surface area contributed by atoms with Crippen molar-refractivity contribution < 1.29 is 9.84 Å². The molecule has 1 aromatic rings. The molecule has 1 aromatic carbocycles. The van der Waals surface area contributed by atoms with Crippen molar-refractivity contribution in [2.45, 2.75) is 51.9 Å². The van der Waals surface area contributed by atoms with Gasteiger partial charge in [0.25, 0.3) is 0 Å². The molecule has 1 aliphatic rings. The molecule has 0 aliphatic carbocycles. The van der Waals surface area contributed by atoms with Gasteiger partial charge in [-0.15, -0.1) is 0 Å². The van der Waals surface area contributed by atoms with E-state index in [0.717, 1.165) is 28.8 Å². The number of ether oxygens (including phenoxy) is 1. The van der Waals surface area contributed by atoms with Crippen LogP contribution >= 0.6 is 15.9 Å². The summed E-state index contributed by atoms with van der Waals surface area (Å²) in [5.41, 5.74) is 1.63. The molecule has 20 heavy (non-hydrogen) atoms. The standard InChI is InChI=1S/C16H24BrNO2/c1-11(19)13-7-6-12(17)8-14(13)18-9-15(2,3)20-16(4,5)10-18/h6-8,11,19H,9-10H2,1-5H3. The van der Waals surface area contributed by atoms with E-state index in [1.165, 1.54) is 0 Å². The van der Waals surface area contributed by atoms with Crippen LogP contribution in [0.4, 0.5) is 5.69 Å². The Hall–Kier alpha value is -0.580. The van der Waals surface area contributed by atoms with Crippen molar-refractivity contribution in [1.82, 2.24) is 0 Å². The van der Waals surface area contributed by atoms with Crippen LogP contribution in [0, 0.1) is 0 Å². The van der Waals surface area contributed by atoms with E-state index >= 15 is 0 Å². The fourth-order valence-corrected chi connectivity index (χ4v) is 3.45. The second-order valence-corrected chi connectivity index (χ2v) is 7.77. The third-order valence-electron chi connectivity index (χ3n) is 3.48. The third kappa shape index (κ3) is 3.54. The smallest absolute Gasteiger partial charge is 0.0808 e. The Kier molecular flexibility index (Phi) is 4.20. The molecule has 112 valence electrons. The Balaban J connectivity index is 2.42. The number of benzene rings is 1. The van der Waals surface area contributed by atoms with Crippen LogP contribution in [0.25, 0.3) is 0 Å². The van der Waals surface area contributed by atoms with Gasteiger partial charge in [0.2, 0.25) is 0 Å². The van der Waals surface area contributed by atoms with Crippen LogP contribution in [0.15, 0.2) is 22.7 Å². The van der Waals surface area contributed by atoms with Crippen molar-refractivity contribution in [3.05, 3.63) is 28.2 Å². The molecule has 4 heteroatoms. The molecule has 0 amide bonds. The molecule has 1 fully saturated rings. The highest BCUT2D eigenvalue weighted by molar-refractivity contribution is 9.10. The molecular formula is C16H24BrNO2. The maximum absolute atomic E-state index is 10.0. The Morgan fingerprint density at radius 3 is 2.25 bits per heavy atom. The molecule has 0 bridgehead atoms. The van der Waals surface area contributed by atoms with Crippen LogP contribution in [-0.2, 0) is 4.74 Å². The van der Waals surface area contributed by atoms with Gasteiger partial charge in [0.05, 0.1) is 17.3 Å². The molecular weight excluding hydrogens is 318 g/mol. The fraction of sp³-hybridized carbons (Fsp3) is 0.625. The van der Waals surface area contributed by atoms with Gasteiger partial charge >= 0.3 is 0 Å². The molecule has 1 aliphatic heterocycles. The molecule has 1 atom stereocenters. The molecule has 0 saturated carbocycles. The van der Waals surface area contributed by atoms with Gasteiger partial charge in [0.1, 0.15) is 0 Å². The lowest BCUT2D eigenvalue weighted by Gasteiger charge is -2.48. The first-order chi connectivity index (χ1) is 9.10. The van der Waals surface area contributed by atoms with Gasteiger partial charge in [-0.1, -0.05) is 22.0 Å². The van der Waals surface area contributed by atoms with Crippen molar-refractivity contribution in [3.8, 4) is 0 Å². The number of anilines is 1. The van der Waals surface area contributed by atoms with Crippen molar-refractivity contribution >= 4 is 21.6 Å². The van der Waals surface area contributed by atoms with Crippen LogP contribution in [0.5, 0.6) is 0 Å².